The molecule has 1 amide bonds. The Hall–Kier alpha value is -1.75. The van der Waals surface area contributed by atoms with Gasteiger partial charge in [0, 0.05) is 18.2 Å². The van der Waals surface area contributed by atoms with Gasteiger partial charge in [-0.2, -0.15) is 0 Å². The van der Waals surface area contributed by atoms with Gasteiger partial charge in [0.25, 0.3) is 5.91 Å². The Bertz CT molecular complexity index is 494. The minimum Gasteiger partial charge on any atom is -0.508 e. The van der Waals surface area contributed by atoms with E-state index in [0.717, 1.165) is 25.7 Å². The van der Waals surface area contributed by atoms with E-state index in [9.17, 15) is 15.0 Å². The molecule has 2 aliphatic rings. The average molecular weight is 277 g/mol. The normalized spacial score (nSPS) is 26.1. The van der Waals surface area contributed by atoms with Crippen molar-refractivity contribution in [1.82, 2.24) is 4.90 Å². The molecule has 1 saturated carbocycles. The molecule has 1 saturated heterocycles. The van der Waals surface area contributed by atoms with Gasteiger partial charge < -0.3 is 19.8 Å². The minimum absolute atomic E-state index is 0.0956. The molecule has 3 rings (SSSR count). The summed E-state index contributed by atoms with van der Waals surface area (Å²) in [5.41, 5.74) is 0.328. The summed E-state index contributed by atoms with van der Waals surface area (Å²) in [7, 11) is 0. The summed E-state index contributed by atoms with van der Waals surface area (Å²) >= 11 is 0. The summed E-state index contributed by atoms with van der Waals surface area (Å²) in [6, 6.07) is 4.14. The number of phenols is 2. The minimum atomic E-state index is -0.142. The molecular formula is C15H19NO4. The Morgan fingerprint density at radius 3 is 2.60 bits per heavy atom. The van der Waals surface area contributed by atoms with E-state index in [1.165, 1.54) is 18.2 Å². The Kier molecular flexibility index (Phi) is 3.53. The maximum absolute atomic E-state index is 12.6. The van der Waals surface area contributed by atoms with Crippen LogP contribution in [0, 0.1) is 0 Å². The lowest BCUT2D eigenvalue weighted by molar-refractivity contribution is -0.0752. The summed E-state index contributed by atoms with van der Waals surface area (Å²) in [5.74, 6) is -0.333. The van der Waals surface area contributed by atoms with E-state index in [1.807, 2.05) is 4.90 Å². The largest absolute Gasteiger partial charge is 0.508 e. The summed E-state index contributed by atoms with van der Waals surface area (Å²) in [6.07, 6.45) is 4.35. The van der Waals surface area contributed by atoms with Crippen molar-refractivity contribution in [3.63, 3.8) is 0 Å². The van der Waals surface area contributed by atoms with Crippen LogP contribution in [0.3, 0.4) is 0 Å². The summed E-state index contributed by atoms with van der Waals surface area (Å²) in [4.78, 5) is 14.4. The van der Waals surface area contributed by atoms with Crippen LogP contribution in [0.15, 0.2) is 18.2 Å². The molecule has 1 aliphatic carbocycles. The maximum atomic E-state index is 12.6. The van der Waals surface area contributed by atoms with Crippen LogP contribution >= 0.6 is 0 Å². The number of ether oxygens (including phenoxy) is 1. The van der Waals surface area contributed by atoms with Gasteiger partial charge in [-0.15, -0.1) is 0 Å². The Labute approximate surface area is 117 Å². The zero-order valence-corrected chi connectivity index (χ0v) is 11.3. The van der Waals surface area contributed by atoms with Crippen molar-refractivity contribution in [2.24, 2.45) is 0 Å². The first-order valence-electron chi connectivity index (χ1n) is 7.11. The lowest BCUT2D eigenvalue weighted by Gasteiger charge is -2.43. The third-order valence-corrected chi connectivity index (χ3v) is 4.14. The van der Waals surface area contributed by atoms with Gasteiger partial charge in [0.05, 0.1) is 18.8 Å². The Morgan fingerprint density at radius 2 is 1.85 bits per heavy atom. The quantitative estimate of drug-likeness (QED) is 0.822. The maximum Gasteiger partial charge on any atom is 0.254 e. The van der Waals surface area contributed by atoms with Crippen LogP contribution in [0.2, 0.25) is 0 Å². The van der Waals surface area contributed by atoms with Crippen LogP contribution < -0.4 is 0 Å². The van der Waals surface area contributed by atoms with E-state index in [1.54, 1.807) is 0 Å². The van der Waals surface area contributed by atoms with Gasteiger partial charge in [0.2, 0.25) is 0 Å². The second-order valence-electron chi connectivity index (χ2n) is 5.50. The first kappa shape index (κ1) is 13.2. The predicted molar refractivity (Wildman–Crippen MR) is 72.8 cm³/mol. The molecule has 1 heterocycles. The SMILES string of the molecule is O=C(c1cc(O)cc(O)c1)N1CCOC2CCCCC21. The molecule has 0 aromatic heterocycles. The molecule has 0 radical (unpaired) electrons. The van der Waals surface area contributed by atoms with Crippen molar-refractivity contribution >= 4 is 5.91 Å². The molecule has 20 heavy (non-hydrogen) atoms. The van der Waals surface area contributed by atoms with Crippen molar-refractivity contribution in [3.8, 4) is 11.5 Å². The number of carbonyl (C=O) groups is 1. The van der Waals surface area contributed by atoms with Crippen molar-refractivity contribution in [2.75, 3.05) is 13.2 Å². The molecule has 0 bridgehead atoms. The molecule has 0 spiro atoms. The van der Waals surface area contributed by atoms with E-state index in [4.69, 9.17) is 4.74 Å². The highest BCUT2D eigenvalue weighted by molar-refractivity contribution is 5.95. The van der Waals surface area contributed by atoms with Crippen molar-refractivity contribution in [2.45, 2.75) is 37.8 Å². The van der Waals surface area contributed by atoms with Crippen LogP contribution in [-0.4, -0.2) is 46.3 Å². The molecule has 1 aromatic carbocycles. The third-order valence-electron chi connectivity index (χ3n) is 4.14. The molecule has 5 heteroatoms. The van der Waals surface area contributed by atoms with Gasteiger partial charge in [0.1, 0.15) is 11.5 Å². The highest BCUT2D eigenvalue weighted by atomic mass is 16.5. The summed E-state index contributed by atoms with van der Waals surface area (Å²) < 4.78 is 5.75. The van der Waals surface area contributed by atoms with Gasteiger partial charge in [0.15, 0.2) is 0 Å². The summed E-state index contributed by atoms with van der Waals surface area (Å²) in [5, 5.41) is 19.0. The number of carbonyl (C=O) groups excluding carboxylic acids is 1. The molecule has 2 atom stereocenters. The van der Waals surface area contributed by atoms with Crippen LogP contribution in [-0.2, 0) is 4.74 Å². The van der Waals surface area contributed by atoms with Gasteiger partial charge in [-0.05, 0) is 25.0 Å². The third kappa shape index (κ3) is 2.45. The fourth-order valence-electron chi connectivity index (χ4n) is 3.23. The first-order valence-corrected chi connectivity index (χ1v) is 7.11. The van der Waals surface area contributed by atoms with Crippen LogP contribution in [0.25, 0.3) is 0 Å². The number of phenolic OH excluding ortho intramolecular Hbond substituents is 2. The lowest BCUT2D eigenvalue weighted by atomic mass is 9.89. The first-order chi connectivity index (χ1) is 9.65. The number of nitrogens with zero attached hydrogens (tertiary/aromatic N) is 1. The van der Waals surface area contributed by atoms with E-state index in [-0.39, 0.29) is 29.6 Å². The molecule has 5 nitrogen and oxygen atoms in total. The van der Waals surface area contributed by atoms with Gasteiger partial charge >= 0.3 is 0 Å². The topological polar surface area (TPSA) is 70.0 Å². The zero-order chi connectivity index (χ0) is 14.1. The lowest BCUT2D eigenvalue weighted by Crippen LogP contribution is -2.54. The second kappa shape index (κ2) is 5.32. The zero-order valence-electron chi connectivity index (χ0n) is 11.3. The fourth-order valence-corrected chi connectivity index (χ4v) is 3.23. The smallest absolute Gasteiger partial charge is 0.254 e. The van der Waals surface area contributed by atoms with Crippen LogP contribution in [0.4, 0.5) is 0 Å². The Balaban J connectivity index is 1.84. The monoisotopic (exact) mass is 277 g/mol. The predicted octanol–water partition coefficient (Wildman–Crippen LogP) is 1.88. The number of hydrogen-bond donors (Lipinski definition) is 2. The fraction of sp³-hybridized carbons (Fsp3) is 0.533. The highest BCUT2D eigenvalue weighted by Gasteiger charge is 2.37. The number of rotatable bonds is 1. The van der Waals surface area contributed by atoms with E-state index in [0.29, 0.717) is 18.7 Å². The van der Waals surface area contributed by atoms with E-state index < -0.39 is 0 Å². The number of fused-ring (bicyclic) bond motifs is 1. The molecule has 1 aliphatic heterocycles. The number of benzene rings is 1. The molecule has 2 fully saturated rings. The molecular weight excluding hydrogens is 258 g/mol. The standard InChI is InChI=1S/C15H19NO4/c17-11-7-10(8-12(18)9-11)15(19)16-5-6-20-14-4-2-1-3-13(14)16/h7-9,13-14,17-18H,1-6H2. The Morgan fingerprint density at radius 1 is 1.15 bits per heavy atom. The van der Waals surface area contributed by atoms with E-state index in [2.05, 4.69) is 0 Å². The number of morpholine rings is 1. The number of hydrogen-bond acceptors (Lipinski definition) is 4. The van der Waals surface area contributed by atoms with Crippen molar-refractivity contribution in [1.29, 1.82) is 0 Å². The summed E-state index contributed by atoms with van der Waals surface area (Å²) in [6.45, 7) is 1.12. The van der Waals surface area contributed by atoms with Gasteiger partial charge in [-0.1, -0.05) is 12.8 Å². The van der Waals surface area contributed by atoms with E-state index >= 15 is 0 Å². The van der Waals surface area contributed by atoms with Gasteiger partial charge in [-0.25, -0.2) is 0 Å². The van der Waals surface area contributed by atoms with Crippen LogP contribution in [0.1, 0.15) is 36.0 Å². The number of aromatic hydroxyl groups is 2. The van der Waals surface area contributed by atoms with Gasteiger partial charge in [-0.3, -0.25) is 4.79 Å². The number of amides is 1. The average Bonchev–Trinajstić information content (AvgIpc) is 2.45. The highest BCUT2D eigenvalue weighted by Crippen LogP contribution is 2.30. The van der Waals surface area contributed by atoms with Crippen LogP contribution in [0.5, 0.6) is 11.5 Å². The molecule has 2 unspecified atom stereocenters. The van der Waals surface area contributed by atoms with Crippen molar-refractivity contribution < 1.29 is 19.7 Å². The molecule has 108 valence electrons. The molecule has 1 aromatic rings. The van der Waals surface area contributed by atoms with Crippen molar-refractivity contribution in [3.05, 3.63) is 23.8 Å². The second-order valence-corrected chi connectivity index (χ2v) is 5.50. The molecule has 2 N–H and O–H groups in total.